The Morgan fingerprint density at radius 3 is 1.92 bits per heavy atom. The third-order valence-corrected chi connectivity index (χ3v) is 11.1. The summed E-state index contributed by atoms with van der Waals surface area (Å²) in [4.78, 5) is 5.00. The molecule has 3 aliphatic rings. The zero-order valence-electron chi connectivity index (χ0n) is 29.1. The van der Waals surface area contributed by atoms with Crippen LogP contribution in [-0.4, -0.2) is 16.3 Å². The normalized spacial score (nSPS) is 13.2. The van der Waals surface area contributed by atoms with Crippen LogP contribution in [0, 0.1) is 0 Å². The molecule has 11 rings (SSSR count). The summed E-state index contributed by atoms with van der Waals surface area (Å²) < 4.78 is 15.7. The zero-order chi connectivity index (χ0) is 34.7. The van der Waals surface area contributed by atoms with Gasteiger partial charge in [-0.1, -0.05) is 129 Å². The van der Waals surface area contributed by atoms with E-state index in [9.17, 15) is 0 Å². The average molecular weight is 669 g/mol. The summed E-state index contributed by atoms with van der Waals surface area (Å²) in [6.45, 7) is 6.70. The minimum Gasteiger partial charge on any atom is -0.450 e. The van der Waals surface area contributed by atoms with Crippen molar-refractivity contribution < 1.29 is 9.47 Å². The molecule has 7 aromatic carbocycles. The van der Waals surface area contributed by atoms with Crippen LogP contribution >= 0.6 is 0 Å². The van der Waals surface area contributed by atoms with E-state index in [0.29, 0.717) is 11.5 Å². The molecule has 5 heteroatoms. The molecule has 0 atom stereocenters. The third kappa shape index (κ3) is 4.20. The van der Waals surface area contributed by atoms with Gasteiger partial charge in [-0.05, 0) is 91.3 Å². The van der Waals surface area contributed by atoms with Crippen molar-refractivity contribution in [1.29, 1.82) is 0 Å². The second kappa shape index (κ2) is 10.6. The van der Waals surface area contributed by atoms with Gasteiger partial charge < -0.3 is 9.47 Å². The number of benzene rings is 7. The van der Waals surface area contributed by atoms with Gasteiger partial charge in [-0.25, -0.2) is 4.98 Å². The molecule has 4 heterocycles. The molecule has 0 fully saturated rings. The van der Waals surface area contributed by atoms with Crippen LogP contribution in [0.1, 0.15) is 26.3 Å². The first kappa shape index (κ1) is 29.4. The van der Waals surface area contributed by atoms with Crippen molar-refractivity contribution in [2.45, 2.75) is 26.2 Å². The van der Waals surface area contributed by atoms with Crippen molar-refractivity contribution in [1.82, 2.24) is 9.55 Å². The van der Waals surface area contributed by atoms with Gasteiger partial charge in [-0.2, -0.15) is 0 Å². The molecule has 8 aromatic rings. The van der Waals surface area contributed by atoms with Crippen LogP contribution in [0.25, 0.3) is 61.2 Å². The van der Waals surface area contributed by atoms with Crippen molar-refractivity contribution in [3.05, 3.63) is 151 Å². The Kier molecular flexibility index (Phi) is 5.99. The fourth-order valence-electron chi connectivity index (χ4n) is 8.61. The lowest BCUT2D eigenvalue weighted by Crippen LogP contribution is -2.53. The number of hydrogen-bond acceptors (Lipinski definition) is 3. The Labute approximate surface area is 303 Å². The summed E-state index contributed by atoms with van der Waals surface area (Å²) in [6.07, 6.45) is 1.97. The lowest BCUT2D eigenvalue weighted by molar-refractivity contribution is 0.362. The van der Waals surface area contributed by atoms with E-state index in [1.807, 2.05) is 36.7 Å². The molecular weight excluding hydrogens is 635 g/mol. The summed E-state index contributed by atoms with van der Waals surface area (Å²) in [6, 6.07) is 50.2. The van der Waals surface area contributed by atoms with Gasteiger partial charge in [0.05, 0.1) is 11.0 Å². The summed E-state index contributed by atoms with van der Waals surface area (Å²) >= 11 is 0. The standard InChI is InChI=1S/C47H33BN2O2/c1-47(2,3)33-20-18-29(19-21-33)32-23-35-42-34(30-14-8-5-9-15-30)22-31(28-12-6-4-7-13-28)24-36(42)48-43(35)38(25-32)50-27-49-37-26-41-46(44(48)45(37)50)52-40-17-11-10-16-39(40)51-41/h4-27H,1-3H3. The summed E-state index contributed by atoms with van der Waals surface area (Å²) in [5.41, 5.74) is 17.8. The van der Waals surface area contributed by atoms with Crippen molar-refractivity contribution >= 4 is 34.1 Å². The van der Waals surface area contributed by atoms with E-state index in [2.05, 4.69) is 135 Å². The molecule has 0 aliphatic carbocycles. The topological polar surface area (TPSA) is 36.3 Å². The molecule has 0 radical (unpaired) electrons. The van der Waals surface area contributed by atoms with Crippen LogP contribution in [0.5, 0.6) is 23.0 Å². The van der Waals surface area contributed by atoms with Gasteiger partial charge in [0.15, 0.2) is 23.0 Å². The van der Waals surface area contributed by atoms with Gasteiger partial charge >= 0.3 is 0 Å². The SMILES string of the molecule is CC(C)(C)c1ccc(-c2cc3c4c(c2)-n2cnc5cc6c(c(c52)B4c2cc(-c4ccccc4)cc(-c4ccccc4)c2-3)Oc2ccccc2O6)cc1. The number of rotatable bonds is 3. The van der Waals surface area contributed by atoms with Gasteiger partial charge in [-0.3, -0.25) is 4.57 Å². The van der Waals surface area contributed by atoms with E-state index >= 15 is 0 Å². The first-order valence-electron chi connectivity index (χ1n) is 18.0. The molecule has 0 amide bonds. The largest absolute Gasteiger partial charge is 0.450 e. The molecule has 52 heavy (non-hydrogen) atoms. The second-order valence-electron chi connectivity index (χ2n) is 15.2. The molecule has 0 N–H and O–H groups in total. The fraction of sp³-hybridized carbons (Fsp3) is 0.0851. The minimum atomic E-state index is -0.0982. The highest BCUT2D eigenvalue weighted by Gasteiger charge is 2.45. The number of para-hydroxylation sites is 2. The van der Waals surface area contributed by atoms with Gasteiger partial charge in [-0.15, -0.1) is 0 Å². The molecule has 3 aliphatic heterocycles. The van der Waals surface area contributed by atoms with E-state index in [1.54, 1.807) is 0 Å². The summed E-state index contributed by atoms with van der Waals surface area (Å²) in [7, 11) is 0. The maximum absolute atomic E-state index is 6.85. The first-order valence-corrected chi connectivity index (χ1v) is 18.0. The van der Waals surface area contributed by atoms with Crippen LogP contribution in [0.4, 0.5) is 0 Å². The molecular formula is C47H33BN2O2. The molecule has 246 valence electrons. The Bertz CT molecular complexity index is 2760. The summed E-state index contributed by atoms with van der Waals surface area (Å²) in [5.74, 6) is 2.89. The van der Waals surface area contributed by atoms with Crippen molar-refractivity contribution in [2.24, 2.45) is 0 Å². The predicted molar refractivity (Wildman–Crippen MR) is 213 cm³/mol. The monoisotopic (exact) mass is 668 g/mol. The number of imidazole rings is 1. The highest BCUT2D eigenvalue weighted by molar-refractivity contribution is 7.02. The number of nitrogens with zero attached hydrogens (tertiary/aromatic N) is 2. The van der Waals surface area contributed by atoms with Gasteiger partial charge in [0.25, 0.3) is 6.71 Å². The Morgan fingerprint density at radius 2 is 1.19 bits per heavy atom. The van der Waals surface area contributed by atoms with E-state index in [-0.39, 0.29) is 12.1 Å². The predicted octanol–water partition coefficient (Wildman–Crippen LogP) is 10.0. The van der Waals surface area contributed by atoms with E-state index in [1.165, 1.54) is 61.0 Å². The van der Waals surface area contributed by atoms with Gasteiger partial charge in [0, 0.05) is 17.2 Å². The van der Waals surface area contributed by atoms with E-state index in [4.69, 9.17) is 14.5 Å². The maximum atomic E-state index is 6.85. The highest BCUT2D eigenvalue weighted by atomic mass is 16.6. The van der Waals surface area contributed by atoms with Crippen LogP contribution in [0.15, 0.2) is 146 Å². The van der Waals surface area contributed by atoms with Gasteiger partial charge in [0.1, 0.15) is 6.33 Å². The lowest BCUT2D eigenvalue weighted by Gasteiger charge is -2.29. The first-order chi connectivity index (χ1) is 25.4. The number of hydrogen-bond donors (Lipinski definition) is 0. The van der Waals surface area contributed by atoms with Crippen LogP contribution in [0.2, 0.25) is 0 Å². The Hall–Kier alpha value is -6.33. The molecule has 0 spiro atoms. The maximum Gasteiger partial charge on any atom is 0.253 e. The van der Waals surface area contributed by atoms with Crippen LogP contribution < -0.4 is 25.9 Å². The Balaban J connectivity index is 1.25. The van der Waals surface area contributed by atoms with E-state index < -0.39 is 0 Å². The van der Waals surface area contributed by atoms with Crippen LogP contribution in [0.3, 0.4) is 0 Å². The van der Waals surface area contributed by atoms with Crippen LogP contribution in [-0.2, 0) is 5.41 Å². The smallest absolute Gasteiger partial charge is 0.253 e. The van der Waals surface area contributed by atoms with Crippen molar-refractivity contribution in [3.8, 4) is 73.2 Å². The second-order valence-corrected chi connectivity index (χ2v) is 15.2. The van der Waals surface area contributed by atoms with Crippen molar-refractivity contribution in [3.63, 3.8) is 0 Å². The molecule has 1 aromatic heterocycles. The lowest BCUT2D eigenvalue weighted by atomic mass is 9.37. The third-order valence-electron chi connectivity index (χ3n) is 11.1. The quantitative estimate of drug-likeness (QED) is 0.176. The van der Waals surface area contributed by atoms with Crippen molar-refractivity contribution in [2.75, 3.05) is 0 Å². The molecule has 0 saturated heterocycles. The average Bonchev–Trinajstić information content (AvgIpc) is 3.75. The number of ether oxygens (including phenoxy) is 2. The highest BCUT2D eigenvalue weighted by Crippen LogP contribution is 2.48. The summed E-state index contributed by atoms with van der Waals surface area (Å²) in [5, 5.41) is 0. The molecule has 0 saturated carbocycles. The molecule has 4 nitrogen and oxygen atoms in total. The number of aromatic nitrogens is 2. The minimum absolute atomic E-state index is 0.0766. The number of fused-ring (bicyclic) bond motifs is 8. The molecule has 0 unspecified atom stereocenters. The van der Waals surface area contributed by atoms with E-state index in [0.717, 1.165) is 33.7 Å². The fourth-order valence-corrected chi connectivity index (χ4v) is 8.61. The molecule has 0 bridgehead atoms. The Morgan fingerprint density at radius 1 is 0.558 bits per heavy atom. The zero-order valence-corrected chi connectivity index (χ0v) is 29.1. The van der Waals surface area contributed by atoms with Gasteiger partial charge in [0.2, 0.25) is 0 Å².